The number of methoxy groups -OCH3 is 1. The number of nitrogens with two attached hydrogens (primary N) is 1. The molecule has 4 rings (SSSR count). The van der Waals surface area contributed by atoms with Crippen molar-refractivity contribution in [2.75, 3.05) is 19.5 Å². The van der Waals surface area contributed by atoms with E-state index < -0.39 is 14.0 Å². The Morgan fingerprint density at radius 1 is 1.14 bits per heavy atom. The van der Waals surface area contributed by atoms with Crippen LogP contribution >= 0.6 is 0 Å². The van der Waals surface area contributed by atoms with Crippen LogP contribution < -0.4 is 10.5 Å². The van der Waals surface area contributed by atoms with E-state index in [0.717, 1.165) is 33.8 Å². The molecule has 9 heteroatoms. The SMILES string of the molecule is COc1ccccc1-c1nn(COCC[Si](C)(C)C)c2ncc(-c3cc(C)c(N)c(C(=O)O)c3)cc12. The molecule has 36 heavy (non-hydrogen) atoms. The fourth-order valence-electron chi connectivity index (χ4n) is 4.02. The predicted octanol–water partition coefficient (Wildman–Crippen LogP) is 5.68. The molecule has 0 bridgehead atoms. The number of hydrogen-bond donors (Lipinski definition) is 2. The maximum Gasteiger partial charge on any atom is 0.337 e. The summed E-state index contributed by atoms with van der Waals surface area (Å²) in [7, 11) is 0.418. The Labute approximate surface area is 211 Å². The molecule has 4 aromatic rings. The van der Waals surface area contributed by atoms with Crippen LogP contribution in [-0.4, -0.2) is 47.6 Å². The first kappa shape index (κ1) is 25.4. The molecule has 2 aromatic heterocycles. The van der Waals surface area contributed by atoms with Crippen LogP contribution in [0.2, 0.25) is 25.7 Å². The van der Waals surface area contributed by atoms with E-state index in [1.807, 2.05) is 36.4 Å². The molecule has 0 saturated carbocycles. The predicted molar refractivity (Wildman–Crippen MR) is 145 cm³/mol. The van der Waals surface area contributed by atoms with Gasteiger partial charge in [-0.3, -0.25) is 0 Å². The maximum atomic E-state index is 11.7. The van der Waals surface area contributed by atoms with Gasteiger partial charge in [0.1, 0.15) is 18.2 Å². The molecule has 0 atom stereocenters. The third-order valence-electron chi connectivity index (χ3n) is 6.11. The molecular formula is C27H32N4O4Si. The van der Waals surface area contributed by atoms with Gasteiger partial charge in [0.15, 0.2) is 5.65 Å². The Bertz CT molecular complexity index is 1430. The van der Waals surface area contributed by atoms with Crippen LogP contribution in [-0.2, 0) is 11.5 Å². The van der Waals surface area contributed by atoms with Gasteiger partial charge in [0.2, 0.25) is 0 Å². The fourth-order valence-corrected chi connectivity index (χ4v) is 4.77. The third kappa shape index (κ3) is 5.27. The number of para-hydroxylation sites is 1. The van der Waals surface area contributed by atoms with Crippen LogP contribution in [0.1, 0.15) is 15.9 Å². The van der Waals surface area contributed by atoms with Gasteiger partial charge in [-0.2, -0.15) is 5.10 Å². The van der Waals surface area contributed by atoms with Crippen LogP contribution in [0.4, 0.5) is 5.69 Å². The Balaban J connectivity index is 1.83. The molecule has 2 aromatic carbocycles. The minimum atomic E-state index is -1.21. The van der Waals surface area contributed by atoms with Gasteiger partial charge in [-0.1, -0.05) is 31.8 Å². The highest BCUT2D eigenvalue weighted by atomic mass is 28.3. The van der Waals surface area contributed by atoms with Crippen molar-refractivity contribution in [1.82, 2.24) is 14.8 Å². The van der Waals surface area contributed by atoms with Crippen molar-refractivity contribution < 1.29 is 19.4 Å². The third-order valence-corrected chi connectivity index (χ3v) is 7.81. The van der Waals surface area contributed by atoms with Crippen molar-refractivity contribution >= 4 is 30.8 Å². The average Bonchev–Trinajstić information content (AvgIpc) is 3.20. The van der Waals surface area contributed by atoms with Crippen molar-refractivity contribution in [3.8, 4) is 28.1 Å². The van der Waals surface area contributed by atoms with E-state index in [1.165, 1.54) is 0 Å². The number of carboxylic acid groups (broad SMARTS) is 1. The zero-order valence-corrected chi connectivity index (χ0v) is 22.3. The summed E-state index contributed by atoms with van der Waals surface area (Å²) in [6.07, 6.45) is 1.73. The maximum absolute atomic E-state index is 11.7. The molecule has 0 radical (unpaired) electrons. The number of carboxylic acids is 1. The quantitative estimate of drug-likeness (QED) is 0.171. The van der Waals surface area contributed by atoms with Crippen LogP contribution in [0.3, 0.4) is 0 Å². The minimum absolute atomic E-state index is 0.0709. The highest BCUT2D eigenvalue weighted by Crippen LogP contribution is 2.36. The largest absolute Gasteiger partial charge is 0.496 e. The fraction of sp³-hybridized carbons (Fsp3) is 0.296. The lowest BCUT2D eigenvalue weighted by molar-refractivity contribution is 0.0698. The van der Waals surface area contributed by atoms with Crippen LogP contribution in [0.25, 0.3) is 33.4 Å². The number of fused-ring (bicyclic) bond motifs is 1. The van der Waals surface area contributed by atoms with Gasteiger partial charge in [0.25, 0.3) is 0 Å². The van der Waals surface area contributed by atoms with Crippen LogP contribution in [0, 0.1) is 6.92 Å². The van der Waals surface area contributed by atoms with Crippen molar-refractivity contribution in [2.24, 2.45) is 0 Å². The normalized spacial score (nSPS) is 11.7. The lowest BCUT2D eigenvalue weighted by atomic mass is 9.98. The summed E-state index contributed by atoms with van der Waals surface area (Å²) in [5.74, 6) is -0.366. The molecule has 188 valence electrons. The standard InChI is InChI=1S/C27H32N4O4Si/c1-17-12-18(13-21(24(17)28)27(32)33)19-14-22-25(20-8-6-7-9-23(20)34-2)30-31(26(22)29-15-19)16-35-10-11-36(3,4)5/h6-9,12-15H,10-11,16,28H2,1-5H3,(H,32,33). The molecule has 0 aliphatic carbocycles. The number of carbonyl (C=O) groups is 1. The second-order valence-corrected chi connectivity index (χ2v) is 15.7. The summed E-state index contributed by atoms with van der Waals surface area (Å²) in [6.45, 7) is 9.70. The van der Waals surface area contributed by atoms with Crippen molar-refractivity contribution in [2.45, 2.75) is 39.3 Å². The van der Waals surface area contributed by atoms with Gasteiger partial charge < -0.3 is 20.3 Å². The molecular weight excluding hydrogens is 472 g/mol. The number of aromatic nitrogens is 3. The topological polar surface area (TPSA) is 112 Å². The van der Waals surface area contributed by atoms with E-state index in [-0.39, 0.29) is 18.0 Å². The monoisotopic (exact) mass is 504 g/mol. The molecule has 0 aliphatic heterocycles. The molecule has 0 fully saturated rings. The van der Waals surface area contributed by atoms with E-state index in [0.29, 0.717) is 23.6 Å². The summed E-state index contributed by atoms with van der Waals surface area (Å²) in [4.78, 5) is 16.5. The number of aryl methyl sites for hydroxylation is 1. The number of ether oxygens (including phenoxy) is 2. The van der Waals surface area contributed by atoms with E-state index in [2.05, 4.69) is 19.6 Å². The first-order chi connectivity index (χ1) is 17.1. The lowest BCUT2D eigenvalue weighted by Gasteiger charge is -2.15. The van der Waals surface area contributed by atoms with Crippen molar-refractivity contribution in [1.29, 1.82) is 0 Å². The van der Waals surface area contributed by atoms with E-state index >= 15 is 0 Å². The van der Waals surface area contributed by atoms with Crippen LogP contribution in [0.5, 0.6) is 5.75 Å². The first-order valence-corrected chi connectivity index (χ1v) is 15.5. The zero-order valence-electron chi connectivity index (χ0n) is 21.3. The van der Waals surface area contributed by atoms with Gasteiger partial charge in [-0.15, -0.1) is 0 Å². The molecule has 0 saturated heterocycles. The number of rotatable bonds is 9. The van der Waals surface area contributed by atoms with Gasteiger partial charge in [-0.25, -0.2) is 14.5 Å². The number of nitrogens with zero attached hydrogens (tertiary/aromatic N) is 3. The summed E-state index contributed by atoms with van der Waals surface area (Å²) < 4.78 is 13.4. The van der Waals surface area contributed by atoms with Gasteiger partial charge >= 0.3 is 5.97 Å². The number of pyridine rings is 1. The minimum Gasteiger partial charge on any atom is -0.496 e. The Kier molecular flexibility index (Phi) is 7.14. The zero-order chi connectivity index (χ0) is 26.0. The first-order valence-electron chi connectivity index (χ1n) is 11.8. The molecule has 3 N–H and O–H groups in total. The Hall–Kier alpha value is -3.69. The van der Waals surface area contributed by atoms with E-state index in [1.54, 1.807) is 31.0 Å². The highest BCUT2D eigenvalue weighted by Gasteiger charge is 2.20. The van der Waals surface area contributed by atoms with Crippen LogP contribution in [0.15, 0.2) is 48.7 Å². The molecule has 8 nitrogen and oxygen atoms in total. The molecule has 0 aliphatic rings. The lowest BCUT2D eigenvalue weighted by Crippen LogP contribution is -2.22. The number of aromatic carboxylic acids is 1. The Morgan fingerprint density at radius 3 is 2.58 bits per heavy atom. The molecule has 2 heterocycles. The van der Waals surface area contributed by atoms with Gasteiger partial charge in [0.05, 0.1) is 12.7 Å². The average molecular weight is 505 g/mol. The molecule has 0 amide bonds. The van der Waals surface area contributed by atoms with Crippen molar-refractivity contribution in [3.05, 3.63) is 59.8 Å². The number of nitrogen functional groups attached to an aromatic ring is 1. The summed E-state index contributed by atoms with van der Waals surface area (Å²) in [5.41, 5.74) is 10.8. The van der Waals surface area contributed by atoms with Crippen molar-refractivity contribution in [3.63, 3.8) is 0 Å². The van der Waals surface area contributed by atoms with E-state index in [4.69, 9.17) is 25.3 Å². The second-order valence-electron chi connectivity index (χ2n) is 10.1. The Morgan fingerprint density at radius 2 is 1.89 bits per heavy atom. The van der Waals surface area contributed by atoms with Gasteiger partial charge in [0, 0.05) is 43.1 Å². The smallest absolute Gasteiger partial charge is 0.337 e. The number of anilines is 1. The highest BCUT2D eigenvalue weighted by molar-refractivity contribution is 6.76. The summed E-state index contributed by atoms with van der Waals surface area (Å²) in [5, 5.41) is 15.3. The van der Waals surface area contributed by atoms with Gasteiger partial charge in [-0.05, 0) is 54.4 Å². The number of hydrogen-bond acceptors (Lipinski definition) is 6. The second kappa shape index (κ2) is 10.1. The summed E-state index contributed by atoms with van der Waals surface area (Å²) >= 11 is 0. The molecule has 0 unspecified atom stereocenters. The number of benzene rings is 2. The molecule has 0 spiro atoms. The summed E-state index contributed by atoms with van der Waals surface area (Å²) in [6, 6.07) is 14.2. The van der Waals surface area contributed by atoms with E-state index in [9.17, 15) is 9.90 Å².